The summed E-state index contributed by atoms with van der Waals surface area (Å²) >= 11 is 0. The van der Waals surface area contributed by atoms with Gasteiger partial charge in [0.15, 0.2) is 0 Å². The summed E-state index contributed by atoms with van der Waals surface area (Å²) in [7, 11) is 1.99. The lowest BCUT2D eigenvalue weighted by atomic mass is 9.48. The average Bonchev–Trinajstić information content (AvgIpc) is 2.98. The lowest BCUT2D eigenvalue weighted by Crippen LogP contribution is -2.59. The lowest BCUT2D eigenvalue weighted by molar-refractivity contribution is -0.140. The van der Waals surface area contributed by atoms with Gasteiger partial charge in [0.05, 0.1) is 6.10 Å². The second kappa shape index (κ2) is 6.95. The van der Waals surface area contributed by atoms with E-state index < -0.39 is 0 Å². The first kappa shape index (κ1) is 20.3. The molecule has 1 amide bonds. The van der Waals surface area contributed by atoms with Gasteiger partial charge in [0.2, 0.25) is 5.91 Å². The number of hydrogen-bond donors (Lipinski definition) is 1. The molecule has 1 aliphatic heterocycles. The monoisotopic (exact) mass is 407 g/mol. The second-order valence-electron chi connectivity index (χ2n) is 11.2. The van der Waals surface area contributed by atoms with E-state index in [2.05, 4.69) is 51.1 Å². The number of rotatable bonds is 2. The second-order valence-corrected chi connectivity index (χ2v) is 11.2. The number of benzene rings is 1. The van der Waals surface area contributed by atoms with Gasteiger partial charge in [-0.15, -0.1) is 0 Å². The van der Waals surface area contributed by atoms with E-state index >= 15 is 0 Å². The molecule has 1 heterocycles. The minimum absolute atomic E-state index is 0.0395. The molecule has 0 saturated heterocycles. The zero-order chi connectivity index (χ0) is 21.3. The molecule has 3 unspecified atom stereocenters. The van der Waals surface area contributed by atoms with E-state index in [9.17, 15) is 9.90 Å². The van der Waals surface area contributed by atoms with E-state index in [4.69, 9.17) is 0 Å². The van der Waals surface area contributed by atoms with Crippen molar-refractivity contribution >= 4 is 5.91 Å². The lowest BCUT2D eigenvalue weighted by Gasteiger charge is -2.60. The molecule has 30 heavy (non-hydrogen) atoms. The van der Waals surface area contributed by atoms with Crippen molar-refractivity contribution in [3.63, 3.8) is 0 Å². The third-order valence-corrected chi connectivity index (χ3v) is 9.99. The van der Waals surface area contributed by atoms with Gasteiger partial charge in [0.1, 0.15) is 0 Å². The van der Waals surface area contributed by atoms with E-state index in [-0.39, 0.29) is 22.8 Å². The molecular weight excluding hydrogens is 370 g/mol. The highest BCUT2D eigenvalue weighted by molar-refractivity contribution is 5.89. The Bertz CT molecular complexity index is 877. The van der Waals surface area contributed by atoms with Crippen molar-refractivity contribution < 1.29 is 9.90 Å². The summed E-state index contributed by atoms with van der Waals surface area (Å²) in [6.45, 7) is 6.96. The van der Waals surface area contributed by atoms with E-state index in [0.717, 1.165) is 25.7 Å². The van der Waals surface area contributed by atoms with Crippen LogP contribution in [0.3, 0.4) is 0 Å². The van der Waals surface area contributed by atoms with Gasteiger partial charge in [0, 0.05) is 18.5 Å². The van der Waals surface area contributed by atoms with Crippen LogP contribution in [0.4, 0.5) is 0 Å². The molecule has 3 heteroatoms. The van der Waals surface area contributed by atoms with Crippen LogP contribution in [0.2, 0.25) is 0 Å². The maximum atomic E-state index is 12.3. The van der Waals surface area contributed by atoms with Gasteiger partial charge in [-0.3, -0.25) is 4.79 Å². The summed E-state index contributed by atoms with van der Waals surface area (Å²) in [5.74, 6) is 2.38. The Hall–Kier alpha value is -1.61. The van der Waals surface area contributed by atoms with Crippen molar-refractivity contribution in [3.05, 3.63) is 47.5 Å². The van der Waals surface area contributed by atoms with Gasteiger partial charge < -0.3 is 10.0 Å². The van der Waals surface area contributed by atoms with Crippen molar-refractivity contribution in [1.29, 1.82) is 0 Å². The molecule has 1 aromatic rings. The number of amides is 1. The molecular formula is C27H37NO2. The average molecular weight is 408 g/mol. The summed E-state index contributed by atoms with van der Waals surface area (Å²) in [6.07, 6.45) is 10.6. The van der Waals surface area contributed by atoms with Crippen molar-refractivity contribution in [2.24, 2.45) is 34.5 Å². The molecule has 1 N–H and O–H groups in total. The fraction of sp³-hybridized carbons (Fsp3) is 0.667. The number of aliphatic hydroxyl groups is 1. The third-order valence-electron chi connectivity index (χ3n) is 9.99. The fourth-order valence-electron chi connectivity index (χ4n) is 8.21. The molecule has 1 aromatic carbocycles. The highest BCUT2D eigenvalue weighted by Gasteiger charge is 2.62. The minimum Gasteiger partial charge on any atom is -0.392 e. The first-order chi connectivity index (χ1) is 14.3. The number of carbonyl (C=O) groups excluding carboxylic acids is 1. The third kappa shape index (κ3) is 2.77. The minimum atomic E-state index is -0.209. The van der Waals surface area contributed by atoms with Crippen molar-refractivity contribution in [1.82, 2.24) is 4.90 Å². The molecule has 0 spiro atoms. The van der Waals surface area contributed by atoms with Crippen LogP contribution in [-0.4, -0.2) is 35.1 Å². The van der Waals surface area contributed by atoms with E-state index in [1.54, 1.807) is 0 Å². The summed E-state index contributed by atoms with van der Waals surface area (Å²) in [6, 6.07) is 8.99. The maximum absolute atomic E-state index is 12.3. The highest BCUT2D eigenvalue weighted by atomic mass is 16.3. The largest absolute Gasteiger partial charge is 0.392 e. The molecule has 3 aliphatic carbocycles. The smallest absolute Gasteiger partial charge is 0.246 e. The maximum Gasteiger partial charge on any atom is 0.246 e. The summed E-state index contributed by atoms with van der Waals surface area (Å²) in [5, 5.41) is 11.5. The molecule has 4 aliphatic rings. The fourth-order valence-corrected chi connectivity index (χ4v) is 8.21. The van der Waals surface area contributed by atoms with Crippen molar-refractivity contribution in [2.45, 2.75) is 71.4 Å². The number of aryl methyl sites for hydroxylation is 1. The van der Waals surface area contributed by atoms with E-state index in [0.29, 0.717) is 29.7 Å². The summed E-state index contributed by atoms with van der Waals surface area (Å²) in [4.78, 5) is 14.3. The summed E-state index contributed by atoms with van der Waals surface area (Å²) < 4.78 is 0. The Kier molecular flexibility index (Phi) is 4.70. The van der Waals surface area contributed by atoms with Crippen LogP contribution in [0, 0.1) is 41.4 Å². The number of hydrogen-bond acceptors (Lipinski definition) is 2. The Morgan fingerprint density at radius 2 is 1.90 bits per heavy atom. The Morgan fingerprint density at radius 1 is 1.13 bits per heavy atom. The Morgan fingerprint density at radius 3 is 2.67 bits per heavy atom. The molecule has 3 fully saturated rings. The molecule has 8 atom stereocenters. The van der Waals surface area contributed by atoms with Gasteiger partial charge in [-0.1, -0.05) is 44.2 Å². The molecule has 0 radical (unpaired) electrons. The van der Waals surface area contributed by atoms with Crippen LogP contribution < -0.4 is 0 Å². The molecule has 0 aromatic heterocycles. The van der Waals surface area contributed by atoms with Gasteiger partial charge in [-0.05, 0) is 91.7 Å². The zero-order valence-electron chi connectivity index (χ0n) is 19.0. The first-order valence-corrected chi connectivity index (χ1v) is 11.9. The molecule has 162 valence electrons. The predicted molar refractivity (Wildman–Crippen MR) is 120 cm³/mol. The van der Waals surface area contributed by atoms with Gasteiger partial charge in [0.25, 0.3) is 0 Å². The van der Waals surface area contributed by atoms with Crippen LogP contribution >= 0.6 is 0 Å². The highest BCUT2D eigenvalue weighted by Crippen LogP contribution is 2.65. The number of likely N-dealkylation sites (N-methyl/N-ethyl adjacent to an activating group) is 1. The van der Waals surface area contributed by atoms with Crippen molar-refractivity contribution in [3.8, 4) is 0 Å². The SMILES string of the molecule is Cc1ccccc1CC1C[C@H]2[C@@H]3CCC4N(C)C(=O)C=C[C@]4(C)[C@@H]3CC[C@]2(C)C1O. The van der Waals surface area contributed by atoms with E-state index in [1.807, 2.05) is 18.0 Å². The Labute approximate surface area is 181 Å². The predicted octanol–water partition coefficient (Wildman–Crippen LogP) is 4.76. The normalized spacial score (nSPS) is 45.1. The van der Waals surface area contributed by atoms with Gasteiger partial charge in [-0.2, -0.15) is 0 Å². The van der Waals surface area contributed by atoms with Crippen LogP contribution in [0.25, 0.3) is 0 Å². The molecule has 3 nitrogen and oxygen atoms in total. The standard InChI is InChI=1S/C27H37NO2/c1-17-7-5-6-8-18(17)15-19-16-22-20-9-10-23-26(2,14-12-24(29)28(23)4)21(20)11-13-27(22,3)25(19)30/h5-8,12,14,19-23,25,30H,9-11,13,15-16H2,1-4H3/t19?,20-,21-,22+,23?,25?,26-,27+/m1/s1. The van der Waals surface area contributed by atoms with Gasteiger partial charge >= 0.3 is 0 Å². The molecule has 3 saturated carbocycles. The topological polar surface area (TPSA) is 40.5 Å². The van der Waals surface area contributed by atoms with Crippen LogP contribution in [0.15, 0.2) is 36.4 Å². The van der Waals surface area contributed by atoms with Crippen molar-refractivity contribution in [2.75, 3.05) is 7.05 Å². The number of fused-ring (bicyclic) bond motifs is 5. The molecule has 5 rings (SSSR count). The van der Waals surface area contributed by atoms with Crippen LogP contribution in [-0.2, 0) is 11.2 Å². The number of nitrogens with zero attached hydrogens (tertiary/aromatic N) is 1. The Balaban J connectivity index is 1.43. The van der Waals surface area contributed by atoms with Gasteiger partial charge in [-0.25, -0.2) is 0 Å². The van der Waals surface area contributed by atoms with E-state index in [1.165, 1.54) is 24.0 Å². The molecule has 0 bridgehead atoms. The van der Waals surface area contributed by atoms with Crippen LogP contribution in [0.1, 0.15) is 57.1 Å². The number of carbonyl (C=O) groups is 1. The summed E-state index contributed by atoms with van der Waals surface area (Å²) in [5.41, 5.74) is 2.85. The van der Waals surface area contributed by atoms with Crippen LogP contribution in [0.5, 0.6) is 0 Å². The number of aliphatic hydroxyl groups excluding tert-OH is 1. The zero-order valence-corrected chi connectivity index (χ0v) is 19.0. The first-order valence-electron chi connectivity index (χ1n) is 11.9. The quantitative estimate of drug-likeness (QED) is 0.768.